The predicted octanol–water partition coefficient (Wildman–Crippen LogP) is 0.0813. The Morgan fingerprint density at radius 2 is 1.24 bits per heavy atom. The maximum atomic E-state index is 12.0. The van der Waals surface area contributed by atoms with Gasteiger partial charge in [-0.15, -0.1) is 0 Å². The fourth-order valence-corrected chi connectivity index (χ4v) is 3.09. The van der Waals surface area contributed by atoms with Crippen LogP contribution in [0.3, 0.4) is 0 Å². The van der Waals surface area contributed by atoms with Gasteiger partial charge in [0.05, 0.1) is 58.8 Å². The maximum Gasteiger partial charge on any atom is 0.321 e. The van der Waals surface area contributed by atoms with Gasteiger partial charge in [0.25, 0.3) is 0 Å². The zero-order valence-corrected chi connectivity index (χ0v) is 21.3. The summed E-state index contributed by atoms with van der Waals surface area (Å²) in [6.07, 6.45) is 4.71. The third kappa shape index (κ3) is 21.4. The lowest BCUT2D eigenvalue weighted by molar-refractivity contribution is -0.142. The minimum absolute atomic E-state index is 0.0473. The Bertz CT molecular complexity index is 661. The summed E-state index contributed by atoms with van der Waals surface area (Å²) < 4.78 is 21.3. The van der Waals surface area contributed by atoms with E-state index < -0.39 is 29.7 Å². The number of ether oxygens (including phenoxy) is 4. The Labute approximate surface area is 217 Å². The highest BCUT2D eigenvalue weighted by Gasteiger charge is 2.30. The largest absolute Gasteiger partial charge is 0.481 e. The number of unbranched alkanes of at least 4 members (excludes halogenated alkanes) is 3. The van der Waals surface area contributed by atoms with Gasteiger partial charge in [0.1, 0.15) is 11.8 Å². The van der Waals surface area contributed by atoms with Crippen LogP contribution in [0.15, 0.2) is 0 Å². The van der Waals surface area contributed by atoms with E-state index in [9.17, 15) is 24.0 Å². The number of carbonyl (C=O) groups is 4. The van der Waals surface area contributed by atoms with Gasteiger partial charge in [-0.1, -0.05) is 12.8 Å². The molecule has 1 radical (unpaired) electrons. The monoisotopic (exact) mass is 533 g/mol. The van der Waals surface area contributed by atoms with E-state index in [1.807, 2.05) is 0 Å². The van der Waals surface area contributed by atoms with E-state index in [0.717, 1.165) is 19.3 Å². The smallest absolute Gasteiger partial charge is 0.321 e. The first-order chi connectivity index (χ1) is 17.8. The molecule has 0 aromatic heterocycles. The topological polar surface area (TPSA) is 201 Å². The van der Waals surface area contributed by atoms with Gasteiger partial charge in [-0.2, -0.15) is 0 Å². The summed E-state index contributed by atoms with van der Waals surface area (Å²) in [5.74, 6) is -3.77. The molecule has 0 aliphatic heterocycles. The van der Waals surface area contributed by atoms with Gasteiger partial charge >= 0.3 is 11.9 Å². The number of carbonyl (C=O) groups excluding carboxylic acids is 3. The van der Waals surface area contributed by atoms with Crippen molar-refractivity contribution in [3.05, 3.63) is 0 Å². The Morgan fingerprint density at radius 3 is 1.76 bits per heavy atom. The molecule has 0 fully saturated rings. The van der Waals surface area contributed by atoms with E-state index in [4.69, 9.17) is 34.9 Å². The molecule has 5 N–H and O–H groups in total. The van der Waals surface area contributed by atoms with Crippen molar-refractivity contribution in [2.75, 3.05) is 59.4 Å². The number of carboxylic acids is 2. The molecule has 2 atom stereocenters. The molecule has 0 rings (SSSR count). The Kier molecular flexibility index (Phi) is 22.3. The van der Waals surface area contributed by atoms with E-state index in [0.29, 0.717) is 52.4 Å². The van der Waals surface area contributed by atoms with Gasteiger partial charge < -0.3 is 40.2 Å². The quantitative estimate of drug-likeness (QED) is 0.104. The summed E-state index contributed by atoms with van der Waals surface area (Å²) in [6.45, 7) is 2.84. The van der Waals surface area contributed by atoms with Gasteiger partial charge in [0.2, 0.25) is 5.91 Å². The molecule has 0 aromatic carbocycles. The molecule has 213 valence electrons. The van der Waals surface area contributed by atoms with E-state index in [2.05, 4.69) is 5.32 Å². The van der Waals surface area contributed by atoms with E-state index in [1.54, 1.807) is 0 Å². The van der Waals surface area contributed by atoms with Crippen LogP contribution in [0.1, 0.15) is 51.4 Å². The van der Waals surface area contributed by atoms with Crippen molar-refractivity contribution in [3.63, 3.8) is 0 Å². The van der Waals surface area contributed by atoms with Crippen molar-refractivity contribution in [1.82, 2.24) is 5.32 Å². The zero-order chi connectivity index (χ0) is 27.7. The summed E-state index contributed by atoms with van der Waals surface area (Å²) in [7, 11) is 0. The first-order valence-electron chi connectivity index (χ1n) is 12.4. The van der Waals surface area contributed by atoms with Gasteiger partial charge in [-0.3, -0.25) is 24.0 Å². The summed E-state index contributed by atoms with van der Waals surface area (Å²) in [5.41, 5.74) is 5.43. The number of aliphatic carboxylic acids is 2. The Hall–Kier alpha value is -2.45. The molecule has 37 heavy (non-hydrogen) atoms. The van der Waals surface area contributed by atoms with Crippen molar-refractivity contribution in [2.24, 2.45) is 11.7 Å². The average Bonchev–Trinajstić information content (AvgIpc) is 2.86. The van der Waals surface area contributed by atoms with Crippen LogP contribution in [-0.4, -0.2) is 106 Å². The number of nitrogens with two attached hydrogens (primary N) is 1. The van der Waals surface area contributed by atoms with Crippen LogP contribution in [0.2, 0.25) is 0 Å². The molecule has 0 bridgehead atoms. The normalized spacial score (nSPS) is 12.6. The summed E-state index contributed by atoms with van der Waals surface area (Å²) in [5, 5.41) is 20.2. The summed E-state index contributed by atoms with van der Waals surface area (Å²) in [6, 6.07) is -1.45. The second kappa shape index (κ2) is 23.9. The van der Waals surface area contributed by atoms with Crippen molar-refractivity contribution < 1.29 is 53.1 Å². The van der Waals surface area contributed by atoms with Crippen LogP contribution in [0.5, 0.6) is 0 Å². The number of hydrogen-bond donors (Lipinski definition) is 4. The lowest BCUT2D eigenvalue weighted by atomic mass is 9.91. The van der Waals surface area contributed by atoms with Crippen molar-refractivity contribution in [2.45, 2.75) is 57.4 Å². The molecular weight excluding hydrogens is 492 g/mol. The average molecular weight is 534 g/mol. The van der Waals surface area contributed by atoms with Gasteiger partial charge in [0, 0.05) is 32.2 Å². The highest BCUT2D eigenvalue weighted by molar-refractivity contribution is 5.89. The third-order valence-electron chi connectivity index (χ3n) is 5.16. The molecule has 0 aliphatic carbocycles. The second-order valence-electron chi connectivity index (χ2n) is 8.14. The number of hydrogen-bond acceptors (Lipinski definition) is 10. The van der Waals surface area contributed by atoms with Crippen LogP contribution >= 0.6 is 0 Å². The number of rotatable bonds is 27. The number of Topliss-reactive ketones (excluding diaryl/α,β-unsaturated/α-hetero) is 1. The fourth-order valence-electron chi connectivity index (χ4n) is 3.09. The molecule has 1 amide bonds. The third-order valence-corrected chi connectivity index (χ3v) is 5.16. The number of carboxylic acid groups (broad SMARTS) is 2. The Balaban J connectivity index is 3.45. The molecular formula is C24H41N2O11. The molecule has 0 saturated carbocycles. The number of amides is 1. The zero-order valence-electron chi connectivity index (χ0n) is 21.3. The van der Waals surface area contributed by atoms with E-state index in [1.165, 1.54) is 6.29 Å². The fraction of sp³-hybridized carbons (Fsp3) is 0.792. The highest BCUT2D eigenvalue weighted by Crippen LogP contribution is 2.11. The van der Waals surface area contributed by atoms with Crippen LogP contribution < -0.4 is 11.1 Å². The van der Waals surface area contributed by atoms with E-state index >= 15 is 0 Å². The molecule has 13 heteroatoms. The molecule has 0 heterocycles. The lowest BCUT2D eigenvalue weighted by Crippen LogP contribution is -2.42. The first-order valence-corrected chi connectivity index (χ1v) is 12.4. The van der Waals surface area contributed by atoms with Crippen molar-refractivity contribution in [1.29, 1.82) is 0 Å². The number of nitrogens with one attached hydrogen (secondary N) is 1. The molecule has 0 aliphatic rings. The van der Waals surface area contributed by atoms with Gasteiger partial charge in [-0.05, 0) is 12.8 Å². The summed E-state index contributed by atoms with van der Waals surface area (Å²) in [4.78, 5) is 55.5. The SMILES string of the molecule is N[C@H](C(=O)O)C(C[C]=O)C(=O)CCOCCOCCOCCOCCNC(=O)CCCCCCC(=O)O. The maximum absolute atomic E-state index is 12.0. The van der Waals surface area contributed by atoms with E-state index in [-0.39, 0.29) is 45.0 Å². The van der Waals surface area contributed by atoms with Crippen molar-refractivity contribution in [3.8, 4) is 0 Å². The standard InChI is InChI=1S/C24H41N2O11/c25-23(24(32)33)19(7-10-27)20(28)8-11-34-13-15-36-17-18-37-16-14-35-12-9-26-21(29)5-3-1-2-4-6-22(30)31/h19,23H,1-9,11-18,25H2,(H,26,29)(H,30,31)(H,32,33)/t19?,23-/m0/s1. The lowest BCUT2D eigenvalue weighted by Gasteiger charge is -2.16. The molecule has 0 saturated heterocycles. The predicted molar refractivity (Wildman–Crippen MR) is 131 cm³/mol. The first kappa shape index (κ1) is 34.6. The van der Waals surface area contributed by atoms with Gasteiger partial charge in [0.15, 0.2) is 6.29 Å². The summed E-state index contributed by atoms with van der Waals surface area (Å²) >= 11 is 0. The Morgan fingerprint density at radius 1 is 0.730 bits per heavy atom. The molecule has 0 spiro atoms. The minimum atomic E-state index is -1.45. The molecule has 13 nitrogen and oxygen atoms in total. The molecule has 0 aromatic rings. The van der Waals surface area contributed by atoms with Crippen LogP contribution in [0.25, 0.3) is 0 Å². The van der Waals surface area contributed by atoms with Crippen LogP contribution in [0.4, 0.5) is 0 Å². The van der Waals surface area contributed by atoms with Crippen LogP contribution in [-0.2, 0) is 42.9 Å². The molecule has 1 unspecified atom stereocenters. The van der Waals surface area contributed by atoms with Crippen LogP contribution in [0, 0.1) is 5.92 Å². The minimum Gasteiger partial charge on any atom is -0.481 e. The highest BCUT2D eigenvalue weighted by atomic mass is 16.6. The second-order valence-corrected chi connectivity index (χ2v) is 8.14. The van der Waals surface area contributed by atoms with Crippen molar-refractivity contribution >= 4 is 29.9 Å². The van der Waals surface area contributed by atoms with Gasteiger partial charge in [-0.25, -0.2) is 0 Å². The number of ketones is 1.